The number of nitrogens with zero attached hydrogens (tertiary/aromatic N) is 2. The van der Waals surface area contributed by atoms with E-state index in [1.165, 1.54) is 11.1 Å². The fourth-order valence-electron chi connectivity index (χ4n) is 5.49. The molecule has 36 heavy (non-hydrogen) atoms. The fraction of sp³-hybridized carbons (Fsp3) is 0.581. The Hall–Kier alpha value is -1.69. The third-order valence-electron chi connectivity index (χ3n) is 7.56. The number of halogens is 1. The first-order valence-electron chi connectivity index (χ1n) is 14.0. The van der Waals surface area contributed by atoms with Gasteiger partial charge in [0.15, 0.2) is 0 Å². The van der Waals surface area contributed by atoms with E-state index in [9.17, 15) is 4.79 Å². The van der Waals surface area contributed by atoms with Crippen LogP contribution in [0.15, 0.2) is 59.1 Å². The van der Waals surface area contributed by atoms with Crippen LogP contribution in [0.2, 0.25) is 0 Å². The van der Waals surface area contributed by atoms with Crippen molar-refractivity contribution in [1.29, 1.82) is 0 Å². The number of carbonyl (C=O) groups excluding carboxylic acids is 1. The molecule has 0 aliphatic carbocycles. The number of hydrogen-bond donors (Lipinski definition) is 0. The van der Waals surface area contributed by atoms with Crippen molar-refractivity contribution < 1.29 is 9.53 Å². The monoisotopic (exact) mass is 556 g/mol. The van der Waals surface area contributed by atoms with E-state index in [0.29, 0.717) is 6.61 Å². The van der Waals surface area contributed by atoms with Crippen LogP contribution in [0.3, 0.4) is 0 Å². The maximum Gasteiger partial charge on any atom is 0.326 e. The van der Waals surface area contributed by atoms with Gasteiger partial charge in [0.2, 0.25) is 0 Å². The third kappa shape index (κ3) is 7.43. The van der Waals surface area contributed by atoms with Gasteiger partial charge in [-0.15, -0.1) is 0 Å². The van der Waals surface area contributed by atoms with E-state index < -0.39 is 5.54 Å². The summed E-state index contributed by atoms with van der Waals surface area (Å²) in [5.74, 6) is 0.0119. The Bertz CT molecular complexity index is 904. The summed E-state index contributed by atoms with van der Waals surface area (Å²) in [6.45, 7) is 10.7. The summed E-state index contributed by atoms with van der Waals surface area (Å²) in [6, 6.07) is 19.7. The third-order valence-corrected chi connectivity index (χ3v) is 8.06. The van der Waals surface area contributed by atoms with Gasteiger partial charge in [-0.1, -0.05) is 111 Å². The molecule has 1 fully saturated rings. The standard InChI is InChI=1S/C31H45BrN2O2/c1-4-7-18-31(19-8-5-2,30(35)36-24-9-6-3)34-22-20-33(21-23-34)29(26-14-11-10-12-15-26)27-16-13-17-28(32)25-27/h10-17,25,29H,4-9,18-24H2,1-3H3. The lowest BCUT2D eigenvalue weighted by Crippen LogP contribution is -2.61. The molecule has 2 aromatic rings. The average molecular weight is 558 g/mol. The highest BCUT2D eigenvalue weighted by atomic mass is 79.9. The van der Waals surface area contributed by atoms with Crippen LogP contribution in [-0.4, -0.2) is 54.1 Å². The molecule has 0 spiro atoms. The van der Waals surface area contributed by atoms with Crippen molar-refractivity contribution >= 4 is 21.9 Å². The van der Waals surface area contributed by atoms with Gasteiger partial charge in [-0.3, -0.25) is 14.6 Å². The molecule has 1 aliphatic heterocycles. The van der Waals surface area contributed by atoms with E-state index in [2.05, 4.69) is 101 Å². The second-order valence-electron chi connectivity index (χ2n) is 10.1. The fourth-order valence-corrected chi connectivity index (χ4v) is 5.91. The Labute approximate surface area is 227 Å². The van der Waals surface area contributed by atoms with Crippen molar-refractivity contribution in [2.75, 3.05) is 32.8 Å². The van der Waals surface area contributed by atoms with E-state index in [-0.39, 0.29) is 12.0 Å². The van der Waals surface area contributed by atoms with E-state index in [4.69, 9.17) is 4.74 Å². The summed E-state index contributed by atoms with van der Waals surface area (Å²) in [4.78, 5) is 18.7. The molecular formula is C31H45BrN2O2. The van der Waals surface area contributed by atoms with Crippen molar-refractivity contribution in [2.24, 2.45) is 0 Å². The summed E-state index contributed by atoms with van der Waals surface area (Å²) in [5.41, 5.74) is 2.11. The number of piperazine rings is 1. The zero-order valence-electron chi connectivity index (χ0n) is 22.6. The predicted octanol–water partition coefficient (Wildman–Crippen LogP) is 7.62. The van der Waals surface area contributed by atoms with Gasteiger partial charge in [-0.05, 0) is 42.5 Å². The maximum atomic E-state index is 13.7. The second kappa shape index (κ2) is 14.9. The van der Waals surface area contributed by atoms with Gasteiger partial charge in [-0.25, -0.2) is 0 Å². The molecule has 0 saturated carbocycles. The van der Waals surface area contributed by atoms with Crippen molar-refractivity contribution in [2.45, 2.75) is 83.7 Å². The smallest absolute Gasteiger partial charge is 0.326 e. The molecule has 0 bridgehead atoms. The van der Waals surface area contributed by atoms with Crippen LogP contribution in [0.1, 0.15) is 89.3 Å². The highest BCUT2D eigenvalue weighted by Gasteiger charge is 2.45. The number of carbonyl (C=O) groups is 1. The average Bonchev–Trinajstić information content (AvgIpc) is 2.90. The highest BCUT2D eigenvalue weighted by molar-refractivity contribution is 9.10. The minimum absolute atomic E-state index is 0.0119. The lowest BCUT2D eigenvalue weighted by molar-refractivity contribution is -0.162. The normalized spacial score (nSPS) is 16.1. The molecule has 5 heteroatoms. The van der Waals surface area contributed by atoms with Crippen LogP contribution in [0.25, 0.3) is 0 Å². The summed E-state index contributed by atoms with van der Waals surface area (Å²) >= 11 is 3.67. The second-order valence-corrected chi connectivity index (χ2v) is 11.0. The van der Waals surface area contributed by atoms with Crippen molar-refractivity contribution in [3.63, 3.8) is 0 Å². The molecule has 198 valence electrons. The van der Waals surface area contributed by atoms with Crippen LogP contribution >= 0.6 is 15.9 Å². The van der Waals surface area contributed by atoms with Crippen LogP contribution in [0, 0.1) is 0 Å². The molecule has 3 rings (SSSR count). The first-order valence-corrected chi connectivity index (χ1v) is 14.8. The zero-order chi connectivity index (χ0) is 25.8. The maximum absolute atomic E-state index is 13.7. The van der Waals surface area contributed by atoms with Crippen molar-refractivity contribution in [1.82, 2.24) is 9.80 Å². The molecule has 1 unspecified atom stereocenters. The van der Waals surface area contributed by atoms with Crippen LogP contribution in [0.4, 0.5) is 0 Å². The number of unbranched alkanes of at least 4 members (excludes halogenated alkanes) is 3. The van der Waals surface area contributed by atoms with Crippen LogP contribution in [0.5, 0.6) is 0 Å². The van der Waals surface area contributed by atoms with Crippen molar-refractivity contribution in [3.05, 3.63) is 70.2 Å². The van der Waals surface area contributed by atoms with Gasteiger partial charge < -0.3 is 4.74 Å². The highest BCUT2D eigenvalue weighted by Crippen LogP contribution is 2.35. The van der Waals surface area contributed by atoms with Crippen LogP contribution < -0.4 is 0 Å². The molecular weight excluding hydrogens is 512 g/mol. The Morgan fingerprint density at radius 1 is 0.861 bits per heavy atom. The molecule has 1 aliphatic rings. The molecule has 1 atom stereocenters. The topological polar surface area (TPSA) is 32.8 Å². The molecule has 1 heterocycles. The van der Waals surface area contributed by atoms with E-state index in [0.717, 1.165) is 82.0 Å². The number of rotatable bonds is 14. The number of hydrogen-bond acceptors (Lipinski definition) is 4. The molecule has 4 nitrogen and oxygen atoms in total. The van der Waals surface area contributed by atoms with Gasteiger partial charge in [0.1, 0.15) is 5.54 Å². The molecule has 2 aromatic carbocycles. The number of esters is 1. The number of ether oxygens (including phenoxy) is 1. The minimum Gasteiger partial charge on any atom is -0.464 e. The Morgan fingerprint density at radius 3 is 2.06 bits per heavy atom. The van der Waals surface area contributed by atoms with E-state index in [1.54, 1.807) is 0 Å². The SMILES string of the molecule is CCCCOC(=O)C(CCCC)(CCCC)N1CCN(C(c2ccccc2)c2cccc(Br)c2)CC1. The lowest BCUT2D eigenvalue weighted by Gasteiger charge is -2.48. The Balaban J connectivity index is 1.84. The quantitative estimate of drug-likeness (QED) is 0.177. The zero-order valence-corrected chi connectivity index (χ0v) is 24.1. The van der Waals surface area contributed by atoms with Gasteiger partial charge in [-0.2, -0.15) is 0 Å². The molecule has 0 radical (unpaired) electrons. The largest absolute Gasteiger partial charge is 0.464 e. The van der Waals surface area contributed by atoms with Gasteiger partial charge in [0.05, 0.1) is 12.6 Å². The lowest BCUT2D eigenvalue weighted by atomic mass is 9.84. The van der Waals surface area contributed by atoms with Gasteiger partial charge >= 0.3 is 5.97 Å². The number of benzene rings is 2. The van der Waals surface area contributed by atoms with Gasteiger partial charge in [0, 0.05) is 30.7 Å². The summed E-state index contributed by atoms with van der Waals surface area (Å²) in [5, 5.41) is 0. The Kier molecular flexibility index (Phi) is 12.0. The molecule has 1 saturated heterocycles. The van der Waals surface area contributed by atoms with Gasteiger partial charge in [0.25, 0.3) is 0 Å². The summed E-state index contributed by atoms with van der Waals surface area (Å²) in [7, 11) is 0. The first kappa shape index (κ1) is 28.9. The summed E-state index contributed by atoms with van der Waals surface area (Å²) < 4.78 is 7.03. The molecule has 0 amide bonds. The van der Waals surface area contributed by atoms with Crippen molar-refractivity contribution in [3.8, 4) is 0 Å². The summed E-state index contributed by atoms with van der Waals surface area (Å²) in [6.07, 6.45) is 8.05. The predicted molar refractivity (Wildman–Crippen MR) is 153 cm³/mol. The minimum atomic E-state index is -0.496. The first-order chi connectivity index (χ1) is 17.6. The van der Waals surface area contributed by atoms with E-state index >= 15 is 0 Å². The molecule has 0 aromatic heterocycles. The van der Waals surface area contributed by atoms with E-state index in [1.807, 2.05) is 0 Å². The molecule has 0 N–H and O–H groups in total. The van der Waals surface area contributed by atoms with Crippen LogP contribution in [-0.2, 0) is 9.53 Å². The Morgan fingerprint density at radius 2 is 1.47 bits per heavy atom.